The number of rotatable bonds is 4. The summed E-state index contributed by atoms with van der Waals surface area (Å²) >= 11 is 6.04. The first-order valence-corrected chi connectivity index (χ1v) is 11.1. The van der Waals surface area contributed by atoms with E-state index in [4.69, 9.17) is 11.6 Å². The lowest BCUT2D eigenvalue weighted by atomic mass is 9.63. The summed E-state index contributed by atoms with van der Waals surface area (Å²) in [6.45, 7) is -0.0885. The highest BCUT2D eigenvalue weighted by Crippen LogP contribution is 2.65. The van der Waals surface area contributed by atoms with Crippen LogP contribution in [0, 0.1) is 35.5 Å². The molecule has 2 aromatic rings. The molecule has 2 aromatic carbocycles. The van der Waals surface area contributed by atoms with E-state index in [-0.39, 0.29) is 48.1 Å². The van der Waals surface area contributed by atoms with Gasteiger partial charge in [0.05, 0.1) is 11.8 Å². The molecule has 0 radical (unpaired) electrons. The van der Waals surface area contributed by atoms with Gasteiger partial charge in [-0.2, -0.15) is 0 Å². The zero-order chi connectivity index (χ0) is 21.3. The fourth-order valence-corrected chi connectivity index (χ4v) is 6.05. The second kappa shape index (κ2) is 6.79. The van der Waals surface area contributed by atoms with Crippen molar-refractivity contribution in [3.05, 3.63) is 77.3 Å². The first-order valence-electron chi connectivity index (χ1n) is 10.7. The molecule has 1 aliphatic heterocycles. The summed E-state index contributed by atoms with van der Waals surface area (Å²) in [7, 11) is 0. The zero-order valence-electron chi connectivity index (χ0n) is 16.7. The minimum Gasteiger partial charge on any atom is -0.290 e. The van der Waals surface area contributed by atoms with Crippen LogP contribution < -0.4 is 4.90 Å². The summed E-state index contributed by atoms with van der Waals surface area (Å²) in [5.74, 6) is 0.333. The van der Waals surface area contributed by atoms with E-state index in [1.807, 2.05) is 6.07 Å². The van der Waals surface area contributed by atoms with Gasteiger partial charge in [0.2, 0.25) is 11.8 Å². The second-order valence-electron chi connectivity index (χ2n) is 8.98. The number of likely N-dealkylation sites (tertiary alicyclic amines) is 1. The molecule has 1 heterocycles. The van der Waals surface area contributed by atoms with E-state index in [9.17, 15) is 14.4 Å². The average Bonchev–Trinajstić information content (AvgIpc) is 3.58. The van der Waals surface area contributed by atoms with E-state index >= 15 is 0 Å². The van der Waals surface area contributed by atoms with E-state index in [0.717, 1.165) is 6.42 Å². The van der Waals surface area contributed by atoms with Gasteiger partial charge in [-0.15, -0.1) is 0 Å². The van der Waals surface area contributed by atoms with E-state index in [2.05, 4.69) is 12.2 Å². The van der Waals surface area contributed by atoms with Gasteiger partial charge in [-0.1, -0.05) is 42.0 Å². The standard InChI is InChI=1S/C25H21ClN2O3/c26-15-6-8-16(9-7-15)27(23(29)14-4-2-1-3-5-14)13-28-24(30)21-17-10-11-18(20-12-19(17)20)22(21)25(28)31/h1-11,17-22H,12-13H2. The molecule has 5 aliphatic rings. The lowest BCUT2D eigenvalue weighted by molar-refractivity contribution is -0.140. The van der Waals surface area contributed by atoms with Crippen LogP contribution in [-0.4, -0.2) is 29.3 Å². The Morgan fingerprint density at radius 2 is 1.48 bits per heavy atom. The highest BCUT2D eigenvalue weighted by Gasteiger charge is 2.67. The van der Waals surface area contributed by atoms with Crippen molar-refractivity contribution < 1.29 is 14.4 Å². The van der Waals surface area contributed by atoms with Crippen molar-refractivity contribution in [1.82, 2.24) is 4.90 Å². The molecular formula is C25H21ClN2O3. The van der Waals surface area contributed by atoms with Crippen LogP contribution in [0.2, 0.25) is 5.02 Å². The summed E-state index contributed by atoms with van der Waals surface area (Å²) in [5, 5.41) is 0.553. The van der Waals surface area contributed by atoms with Gasteiger partial charge in [-0.25, -0.2) is 0 Å². The number of allylic oxidation sites excluding steroid dienone is 2. The van der Waals surface area contributed by atoms with Gasteiger partial charge in [-0.05, 0) is 66.5 Å². The summed E-state index contributed by atoms with van der Waals surface area (Å²) in [4.78, 5) is 43.0. The predicted octanol–water partition coefficient (Wildman–Crippen LogP) is 4.00. The fourth-order valence-electron chi connectivity index (χ4n) is 5.92. The molecule has 3 amide bonds. The Balaban J connectivity index is 1.34. The van der Waals surface area contributed by atoms with Gasteiger partial charge >= 0.3 is 0 Å². The van der Waals surface area contributed by atoms with E-state index in [1.54, 1.807) is 48.5 Å². The van der Waals surface area contributed by atoms with Crippen LogP contribution in [-0.2, 0) is 9.59 Å². The lowest BCUT2D eigenvalue weighted by Gasteiger charge is -2.37. The van der Waals surface area contributed by atoms with Crippen molar-refractivity contribution in [2.75, 3.05) is 11.6 Å². The van der Waals surface area contributed by atoms with Crippen LogP contribution in [0.25, 0.3) is 0 Å². The number of hydrogen-bond donors (Lipinski definition) is 0. The van der Waals surface area contributed by atoms with Gasteiger partial charge in [0.15, 0.2) is 0 Å². The predicted molar refractivity (Wildman–Crippen MR) is 116 cm³/mol. The smallest absolute Gasteiger partial charge is 0.259 e. The zero-order valence-corrected chi connectivity index (χ0v) is 17.5. The topological polar surface area (TPSA) is 57.7 Å². The highest BCUT2D eigenvalue weighted by atomic mass is 35.5. The third kappa shape index (κ3) is 2.79. The summed E-state index contributed by atoms with van der Waals surface area (Å²) in [6.07, 6.45) is 5.43. The number of benzene rings is 2. The Morgan fingerprint density at radius 1 is 0.903 bits per heavy atom. The Labute approximate surface area is 185 Å². The van der Waals surface area contributed by atoms with Crippen molar-refractivity contribution in [1.29, 1.82) is 0 Å². The first-order chi connectivity index (χ1) is 15.0. The largest absolute Gasteiger partial charge is 0.290 e. The van der Waals surface area contributed by atoms with E-state index in [1.165, 1.54) is 9.80 Å². The maximum atomic E-state index is 13.4. The Kier molecular flexibility index (Phi) is 4.12. The second-order valence-corrected chi connectivity index (χ2v) is 9.41. The first kappa shape index (κ1) is 18.8. The minimum atomic E-state index is -0.273. The molecule has 2 saturated carbocycles. The molecule has 6 heteroatoms. The van der Waals surface area contributed by atoms with Crippen LogP contribution in [0.5, 0.6) is 0 Å². The van der Waals surface area contributed by atoms with E-state index in [0.29, 0.717) is 28.1 Å². The van der Waals surface area contributed by atoms with Crippen molar-refractivity contribution in [3.8, 4) is 0 Å². The molecule has 7 rings (SSSR count). The van der Waals surface area contributed by atoms with Crippen molar-refractivity contribution in [2.24, 2.45) is 35.5 Å². The Bertz CT molecular complexity index is 1080. The Morgan fingerprint density at radius 3 is 2.06 bits per heavy atom. The molecule has 4 aliphatic carbocycles. The summed E-state index contributed by atoms with van der Waals surface area (Å²) in [5.41, 5.74) is 1.09. The van der Waals surface area contributed by atoms with E-state index < -0.39 is 0 Å². The molecule has 0 aromatic heterocycles. The monoisotopic (exact) mass is 432 g/mol. The molecule has 3 fully saturated rings. The van der Waals surface area contributed by atoms with Crippen LogP contribution >= 0.6 is 11.6 Å². The Hall–Kier alpha value is -2.92. The van der Waals surface area contributed by atoms with Gasteiger partial charge in [0, 0.05) is 16.3 Å². The number of carbonyl (C=O) groups excluding carboxylic acids is 3. The summed E-state index contributed by atoms with van der Waals surface area (Å²) in [6, 6.07) is 15.8. The molecule has 0 N–H and O–H groups in total. The van der Waals surface area contributed by atoms with Crippen molar-refractivity contribution >= 4 is 35.0 Å². The average molecular weight is 433 g/mol. The number of amides is 3. The molecule has 2 bridgehead atoms. The molecule has 31 heavy (non-hydrogen) atoms. The normalized spacial score (nSPS) is 32.1. The number of nitrogens with zero attached hydrogens (tertiary/aromatic N) is 2. The minimum absolute atomic E-state index is 0.0885. The number of anilines is 1. The molecule has 0 spiro atoms. The SMILES string of the molecule is O=C1C2C3C=CC(C4CC34)C2C(=O)N1CN(C(=O)c1ccccc1)c1ccc(Cl)cc1. The third-order valence-corrected chi connectivity index (χ3v) is 7.69. The molecule has 6 unspecified atom stereocenters. The molecular weight excluding hydrogens is 412 g/mol. The van der Waals surface area contributed by atoms with Crippen LogP contribution in [0.15, 0.2) is 66.7 Å². The highest BCUT2D eigenvalue weighted by molar-refractivity contribution is 6.30. The lowest BCUT2D eigenvalue weighted by Crippen LogP contribution is -2.45. The fraction of sp³-hybridized carbons (Fsp3) is 0.320. The van der Waals surface area contributed by atoms with Gasteiger partial charge in [-0.3, -0.25) is 24.2 Å². The van der Waals surface area contributed by atoms with Crippen molar-refractivity contribution in [3.63, 3.8) is 0 Å². The molecule has 1 saturated heterocycles. The number of imide groups is 1. The van der Waals surface area contributed by atoms with Crippen LogP contribution in [0.3, 0.4) is 0 Å². The molecule has 156 valence electrons. The molecule has 5 nitrogen and oxygen atoms in total. The van der Waals surface area contributed by atoms with Crippen molar-refractivity contribution in [2.45, 2.75) is 6.42 Å². The third-order valence-electron chi connectivity index (χ3n) is 7.44. The summed E-state index contributed by atoms with van der Waals surface area (Å²) < 4.78 is 0. The quantitative estimate of drug-likeness (QED) is 0.542. The maximum Gasteiger partial charge on any atom is 0.259 e. The molecule has 6 atom stereocenters. The maximum absolute atomic E-state index is 13.4. The van der Waals surface area contributed by atoms with Gasteiger partial charge in [0.1, 0.15) is 6.67 Å². The van der Waals surface area contributed by atoms with Gasteiger partial charge in [0.25, 0.3) is 5.91 Å². The number of halogens is 1. The van der Waals surface area contributed by atoms with Crippen LogP contribution in [0.1, 0.15) is 16.8 Å². The van der Waals surface area contributed by atoms with Crippen LogP contribution in [0.4, 0.5) is 5.69 Å². The van der Waals surface area contributed by atoms with Gasteiger partial charge < -0.3 is 0 Å². The number of hydrogen-bond acceptors (Lipinski definition) is 3. The number of carbonyl (C=O) groups is 3.